The van der Waals surface area contributed by atoms with Crippen LogP contribution in [0.2, 0.25) is 0 Å². The summed E-state index contributed by atoms with van der Waals surface area (Å²) in [4.78, 5) is 10.6. The summed E-state index contributed by atoms with van der Waals surface area (Å²) < 4.78 is 48.5. The van der Waals surface area contributed by atoms with Gasteiger partial charge in [0.25, 0.3) is 0 Å². The molecule has 2 N–H and O–H groups in total. The Morgan fingerprint density at radius 1 is 1.38 bits per heavy atom. The topological polar surface area (TPSA) is 119 Å². The normalized spacial score (nSPS) is 12.1. The van der Waals surface area contributed by atoms with Crippen molar-refractivity contribution >= 4 is 26.2 Å². The fourth-order valence-electron chi connectivity index (χ4n) is 0.607. The highest BCUT2D eigenvalue weighted by molar-refractivity contribution is 8.02. The van der Waals surface area contributed by atoms with E-state index in [1.165, 1.54) is 4.13 Å². The molecule has 8 nitrogen and oxygen atoms in total. The van der Waals surface area contributed by atoms with Gasteiger partial charge < -0.3 is 5.32 Å². The predicted octanol–water partition coefficient (Wildman–Crippen LogP) is -1.90. The lowest BCUT2D eigenvalue weighted by atomic mass is 10.5. The van der Waals surface area contributed by atoms with Crippen LogP contribution in [0, 0.1) is 0 Å². The second-order valence-electron chi connectivity index (χ2n) is 2.63. The van der Waals surface area contributed by atoms with Gasteiger partial charge in [-0.15, -0.1) is 0 Å². The van der Waals surface area contributed by atoms with Crippen molar-refractivity contribution < 1.29 is 25.8 Å². The maximum absolute atomic E-state index is 10.9. The second-order valence-corrected chi connectivity index (χ2v) is 5.98. The van der Waals surface area contributed by atoms with E-state index in [0.29, 0.717) is 6.26 Å². The molecule has 16 heavy (non-hydrogen) atoms. The predicted molar refractivity (Wildman–Crippen MR) is 56.1 cm³/mol. The van der Waals surface area contributed by atoms with Gasteiger partial charge in [0.2, 0.25) is 15.9 Å². The van der Waals surface area contributed by atoms with Crippen LogP contribution >= 0.6 is 0 Å². The van der Waals surface area contributed by atoms with Gasteiger partial charge in [-0.1, -0.05) is 10.7 Å². The summed E-state index contributed by atoms with van der Waals surface area (Å²) in [5, 5.41) is 2.24. The van der Waals surface area contributed by atoms with Crippen molar-refractivity contribution in [2.75, 3.05) is 19.4 Å². The first-order valence-electron chi connectivity index (χ1n) is 3.94. The number of rotatable bonds is 7. The van der Waals surface area contributed by atoms with E-state index in [1.807, 2.05) is 0 Å². The quantitative estimate of drug-likeness (QED) is 0.413. The molecule has 0 radical (unpaired) electrons. The fraction of sp³-hybridized carbons (Fsp3) is 0.500. The summed E-state index contributed by atoms with van der Waals surface area (Å²) in [5.41, 5.74) is 0. The highest BCUT2D eigenvalue weighted by atomic mass is 32.3. The lowest BCUT2D eigenvalue weighted by Crippen LogP contribution is -2.33. The van der Waals surface area contributed by atoms with Crippen LogP contribution in [0.25, 0.3) is 0 Å². The van der Waals surface area contributed by atoms with Crippen LogP contribution in [-0.2, 0) is 29.3 Å². The molecule has 0 aliphatic heterocycles. The molecule has 0 bridgehead atoms. The molecule has 0 heterocycles. The lowest BCUT2D eigenvalue weighted by Gasteiger charge is -2.05. The van der Waals surface area contributed by atoms with Crippen molar-refractivity contribution in [1.82, 2.24) is 9.44 Å². The largest absolute Gasteiger partial charge is 0.350 e. The van der Waals surface area contributed by atoms with Crippen LogP contribution in [0.4, 0.5) is 0 Å². The third-order valence-electron chi connectivity index (χ3n) is 1.08. The monoisotopic (exact) mass is 272 g/mol. The van der Waals surface area contributed by atoms with Crippen molar-refractivity contribution in [2.45, 2.75) is 0 Å². The third kappa shape index (κ3) is 8.35. The Bertz CT molecular complexity index is 451. The summed E-state index contributed by atoms with van der Waals surface area (Å²) in [6.07, 6.45) is 1.68. The zero-order valence-corrected chi connectivity index (χ0v) is 10.1. The Morgan fingerprint density at radius 3 is 2.38 bits per heavy atom. The Morgan fingerprint density at radius 2 is 1.94 bits per heavy atom. The van der Waals surface area contributed by atoms with E-state index in [-0.39, 0.29) is 13.2 Å². The van der Waals surface area contributed by atoms with Crippen molar-refractivity contribution in [1.29, 1.82) is 0 Å². The molecule has 10 heteroatoms. The number of carbonyl (C=O) groups is 1. The molecule has 0 atom stereocenters. The highest BCUT2D eigenvalue weighted by Gasteiger charge is 2.16. The Hall–Kier alpha value is -0.970. The molecule has 94 valence electrons. The van der Waals surface area contributed by atoms with Crippen molar-refractivity contribution in [3.8, 4) is 0 Å². The van der Waals surface area contributed by atoms with Gasteiger partial charge >= 0.3 is 10.3 Å². The number of amides is 1. The average molecular weight is 272 g/mol. The summed E-state index contributed by atoms with van der Waals surface area (Å²) in [5.74, 6) is -0.489. The van der Waals surface area contributed by atoms with Crippen LogP contribution in [0.1, 0.15) is 0 Å². The summed E-state index contributed by atoms with van der Waals surface area (Å²) >= 11 is 0. The van der Waals surface area contributed by atoms with Crippen LogP contribution in [0.5, 0.6) is 0 Å². The molecule has 0 unspecified atom stereocenters. The third-order valence-corrected chi connectivity index (χ3v) is 3.58. The summed E-state index contributed by atoms with van der Waals surface area (Å²) in [6, 6.07) is 0. The SMILES string of the molecule is C=CC(=O)NCCOS(=O)(=O)NS(C)(=O)=O. The molecule has 0 saturated carbocycles. The Labute approximate surface area is 94.0 Å². The number of hydrogen-bond donors (Lipinski definition) is 2. The van der Waals surface area contributed by atoms with E-state index in [0.717, 1.165) is 6.08 Å². The molecular formula is C6H12N2O6S2. The van der Waals surface area contributed by atoms with E-state index in [1.54, 1.807) is 0 Å². The van der Waals surface area contributed by atoms with E-state index in [4.69, 9.17) is 0 Å². The first-order chi connectivity index (χ1) is 7.16. The Kier molecular flexibility index (Phi) is 5.58. The number of carbonyl (C=O) groups excluding carboxylic acids is 1. The van der Waals surface area contributed by atoms with Gasteiger partial charge in [-0.3, -0.25) is 8.98 Å². The summed E-state index contributed by atoms with van der Waals surface area (Å²) in [7, 11) is -8.27. The molecule has 0 fully saturated rings. The number of sulfonamides is 1. The van der Waals surface area contributed by atoms with Crippen LogP contribution in [0.3, 0.4) is 0 Å². The number of hydrogen-bond acceptors (Lipinski definition) is 6. The van der Waals surface area contributed by atoms with Gasteiger partial charge in [0.05, 0.1) is 12.9 Å². The lowest BCUT2D eigenvalue weighted by molar-refractivity contribution is -0.116. The van der Waals surface area contributed by atoms with Crippen LogP contribution in [-0.4, -0.2) is 42.2 Å². The molecule has 0 spiro atoms. The first-order valence-corrected chi connectivity index (χ1v) is 7.24. The van der Waals surface area contributed by atoms with E-state index < -0.39 is 26.2 Å². The highest BCUT2D eigenvalue weighted by Crippen LogP contribution is 1.89. The molecule has 1 amide bonds. The smallest absolute Gasteiger partial charge is 0.349 e. The molecule has 0 aliphatic carbocycles. The minimum atomic E-state index is -4.36. The van der Waals surface area contributed by atoms with Gasteiger partial charge in [-0.25, -0.2) is 8.42 Å². The minimum absolute atomic E-state index is 0.0878. The molecule has 0 aromatic rings. The molecule has 0 aromatic heterocycles. The molecular weight excluding hydrogens is 260 g/mol. The van der Waals surface area contributed by atoms with Crippen LogP contribution < -0.4 is 9.44 Å². The van der Waals surface area contributed by atoms with Gasteiger partial charge in [0.1, 0.15) is 0 Å². The van der Waals surface area contributed by atoms with E-state index >= 15 is 0 Å². The summed E-state index contributed by atoms with van der Waals surface area (Å²) in [6.45, 7) is 2.70. The van der Waals surface area contributed by atoms with Gasteiger partial charge in [-0.2, -0.15) is 8.42 Å². The molecule has 0 saturated heterocycles. The van der Waals surface area contributed by atoms with E-state index in [9.17, 15) is 21.6 Å². The second kappa shape index (κ2) is 5.94. The Balaban J connectivity index is 4.02. The van der Waals surface area contributed by atoms with E-state index in [2.05, 4.69) is 16.1 Å². The number of nitrogens with one attached hydrogen (secondary N) is 2. The zero-order chi connectivity index (χ0) is 12.8. The standard InChI is InChI=1S/C6H12N2O6S2/c1-3-6(9)7-4-5-14-16(12,13)8-15(2,10)11/h3,8H,1,4-5H2,2H3,(H,7,9). The minimum Gasteiger partial charge on any atom is -0.350 e. The van der Waals surface area contributed by atoms with Gasteiger partial charge in [0.15, 0.2) is 0 Å². The zero-order valence-electron chi connectivity index (χ0n) is 8.46. The van der Waals surface area contributed by atoms with Gasteiger partial charge in [-0.05, 0) is 6.08 Å². The van der Waals surface area contributed by atoms with Crippen molar-refractivity contribution in [3.05, 3.63) is 12.7 Å². The maximum atomic E-state index is 10.9. The molecule has 0 aromatic carbocycles. The molecule has 0 rings (SSSR count). The fourth-order valence-corrected chi connectivity index (χ4v) is 2.59. The van der Waals surface area contributed by atoms with Crippen molar-refractivity contribution in [3.63, 3.8) is 0 Å². The molecule has 0 aliphatic rings. The maximum Gasteiger partial charge on any atom is 0.349 e. The van der Waals surface area contributed by atoms with Crippen LogP contribution in [0.15, 0.2) is 12.7 Å². The average Bonchev–Trinajstić information content (AvgIpc) is 2.08. The van der Waals surface area contributed by atoms with Crippen molar-refractivity contribution in [2.24, 2.45) is 0 Å². The van der Waals surface area contributed by atoms with Gasteiger partial charge in [0, 0.05) is 6.54 Å². The first kappa shape index (κ1) is 15.0.